The van der Waals surface area contributed by atoms with Crippen LogP contribution in [0.4, 0.5) is 0 Å². The minimum Gasteiger partial charge on any atom is -0.305 e. The average molecular weight is 308 g/mol. The van der Waals surface area contributed by atoms with Gasteiger partial charge in [-0.3, -0.25) is 9.11 Å². The van der Waals surface area contributed by atoms with E-state index in [1.165, 1.54) is 5.56 Å². The molecule has 1 N–H and O–H groups in total. The Bertz CT molecular complexity index is 479. The van der Waals surface area contributed by atoms with Crippen molar-refractivity contribution in [3.8, 4) is 0 Å². The Labute approximate surface area is 131 Å². The zero-order chi connectivity index (χ0) is 15.5. The molecule has 1 aromatic carbocycles. The number of nitrogens with one attached hydrogen (secondary N) is 1. The molecule has 0 radical (unpaired) electrons. The van der Waals surface area contributed by atoms with Gasteiger partial charge in [-0.15, -0.1) is 0 Å². The highest BCUT2D eigenvalue weighted by molar-refractivity contribution is 7.84. The third-order valence-corrected chi connectivity index (χ3v) is 5.46. The molecule has 1 aliphatic heterocycles. The van der Waals surface area contributed by atoms with Crippen LogP contribution in [0.5, 0.6) is 0 Å². The smallest absolute Gasteiger partial charge is 0.0535 e. The Hall–Kier alpha value is -0.710. The molecule has 21 heavy (non-hydrogen) atoms. The summed E-state index contributed by atoms with van der Waals surface area (Å²) in [4.78, 5) is 2.57. The summed E-state index contributed by atoms with van der Waals surface area (Å²) in [6.07, 6.45) is 2.79. The first-order valence-corrected chi connectivity index (χ1v) is 9.51. The zero-order valence-electron chi connectivity index (χ0n) is 13.6. The third-order valence-electron chi connectivity index (χ3n) is 4.65. The predicted molar refractivity (Wildman–Crippen MR) is 91.0 cm³/mol. The minimum atomic E-state index is -0.699. The number of hydrogen-bond acceptors (Lipinski definition) is 3. The van der Waals surface area contributed by atoms with Gasteiger partial charge in [0.05, 0.1) is 5.54 Å². The Morgan fingerprint density at radius 3 is 2.71 bits per heavy atom. The molecule has 4 heteroatoms. The zero-order valence-corrected chi connectivity index (χ0v) is 14.5. The molecule has 1 aliphatic rings. The largest absolute Gasteiger partial charge is 0.305 e. The molecular weight excluding hydrogens is 280 g/mol. The summed E-state index contributed by atoms with van der Waals surface area (Å²) in [5, 5.41) is 3.71. The highest BCUT2D eigenvalue weighted by atomic mass is 32.2. The molecule has 1 heterocycles. The highest BCUT2D eigenvalue weighted by Gasteiger charge is 2.36. The second kappa shape index (κ2) is 7.03. The number of piperazine rings is 1. The van der Waals surface area contributed by atoms with Crippen molar-refractivity contribution < 1.29 is 4.21 Å². The standard InChI is InChI=1S/C17H28N2OS/c1-14(10-11-21(4)20)19-13-17(3,18-12-15(19)2)16-8-6-5-7-9-16/h5-9,14-15,18H,10-13H2,1-4H3. The molecule has 3 nitrogen and oxygen atoms in total. The molecule has 0 aliphatic carbocycles. The summed E-state index contributed by atoms with van der Waals surface area (Å²) in [5.74, 6) is 0.792. The summed E-state index contributed by atoms with van der Waals surface area (Å²) in [6, 6.07) is 11.7. The van der Waals surface area contributed by atoms with E-state index in [2.05, 4.69) is 61.3 Å². The molecule has 0 spiro atoms. The lowest BCUT2D eigenvalue weighted by molar-refractivity contribution is 0.0595. The Balaban J connectivity index is 2.10. The molecule has 0 aromatic heterocycles. The molecule has 4 unspecified atom stereocenters. The molecule has 1 fully saturated rings. The van der Waals surface area contributed by atoms with Gasteiger partial charge < -0.3 is 5.32 Å². The first kappa shape index (κ1) is 16.7. The molecule has 4 atom stereocenters. The first-order valence-electron chi connectivity index (χ1n) is 7.79. The van der Waals surface area contributed by atoms with E-state index in [-0.39, 0.29) is 5.54 Å². The molecule has 118 valence electrons. The quantitative estimate of drug-likeness (QED) is 0.906. The maximum absolute atomic E-state index is 11.3. The van der Waals surface area contributed by atoms with Gasteiger partial charge in [0.2, 0.25) is 0 Å². The van der Waals surface area contributed by atoms with Crippen LogP contribution in [0.15, 0.2) is 30.3 Å². The summed E-state index contributed by atoms with van der Waals surface area (Å²) in [6.45, 7) is 8.81. The Morgan fingerprint density at radius 2 is 2.10 bits per heavy atom. The van der Waals surface area contributed by atoms with Crippen molar-refractivity contribution in [3.05, 3.63) is 35.9 Å². The van der Waals surface area contributed by atoms with Crippen molar-refractivity contribution in [1.82, 2.24) is 10.2 Å². The van der Waals surface area contributed by atoms with Crippen molar-refractivity contribution in [1.29, 1.82) is 0 Å². The number of benzene rings is 1. The lowest BCUT2D eigenvalue weighted by Gasteiger charge is -2.48. The van der Waals surface area contributed by atoms with Crippen LogP contribution in [0.3, 0.4) is 0 Å². The van der Waals surface area contributed by atoms with Crippen LogP contribution in [0.2, 0.25) is 0 Å². The van der Waals surface area contributed by atoms with E-state index in [0.717, 1.165) is 25.3 Å². The van der Waals surface area contributed by atoms with Crippen molar-refractivity contribution in [2.24, 2.45) is 0 Å². The topological polar surface area (TPSA) is 32.3 Å². The summed E-state index contributed by atoms with van der Waals surface area (Å²) in [5.41, 5.74) is 1.33. The van der Waals surface area contributed by atoms with E-state index in [0.29, 0.717) is 12.1 Å². The Kier molecular flexibility index (Phi) is 5.58. The van der Waals surface area contributed by atoms with E-state index in [4.69, 9.17) is 0 Å². The second-order valence-corrected chi connectivity index (χ2v) is 8.07. The molecule has 0 amide bonds. The maximum Gasteiger partial charge on any atom is 0.0535 e. The highest BCUT2D eigenvalue weighted by Crippen LogP contribution is 2.28. The van der Waals surface area contributed by atoms with Gasteiger partial charge >= 0.3 is 0 Å². The van der Waals surface area contributed by atoms with Gasteiger partial charge in [-0.25, -0.2) is 0 Å². The molecule has 2 rings (SSSR count). The van der Waals surface area contributed by atoms with E-state index < -0.39 is 10.8 Å². The van der Waals surface area contributed by atoms with E-state index in [1.807, 2.05) is 0 Å². The first-order chi connectivity index (χ1) is 9.92. The van der Waals surface area contributed by atoms with Crippen LogP contribution in [-0.4, -0.2) is 46.3 Å². The Morgan fingerprint density at radius 1 is 1.43 bits per heavy atom. The normalized spacial score (nSPS) is 30.0. The van der Waals surface area contributed by atoms with Crippen LogP contribution >= 0.6 is 0 Å². The summed E-state index contributed by atoms with van der Waals surface area (Å²) >= 11 is 0. The van der Waals surface area contributed by atoms with Gasteiger partial charge in [0, 0.05) is 48.0 Å². The number of nitrogens with zero attached hydrogens (tertiary/aromatic N) is 1. The van der Waals surface area contributed by atoms with Gasteiger partial charge in [-0.2, -0.15) is 0 Å². The van der Waals surface area contributed by atoms with Gasteiger partial charge in [-0.1, -0.05) is 30.3 Å². The summed E-state index contributed by atoms with van der Waals surface area (Å²) < 4.78 is 11.3. The van der Waals surface area contributed by atoms with Crippen molar-refractivity contribution in [3.63, 3.8) is 0 Å². The number of hydrogen-bond donors (Lipinski definition) is 1. The van der Waals surface area contributed by atoms with E-state index in [1.54, 1.807) is 6.26 Å². The van der Waals surface area contributed by atoms with Crippen LogP contribution < -0.4 is 5.32 Å². The summed E-state index contributed by atoms with van der Waals surface area (Å²) in [7, 11) is -0.699. The molecule has 1 aromatic rings. The molecule has 0 bridgehead atoms. The fourth-order valence-corrected chi connectivity index (χ4v) is 3.83. The fourth-order valence-electron chi connectivity index (χ4n) is 3.16. The second-order valence-electron chi connectivity index (χ2n) is 6.52. The van der Waals surface area contributed by atoms with Crippen LogP contribution in [0.25, 0.3) is 0 Å². The van der Waals surface area contributed by atoms with Gasteiger partial charge in [0.15, 0.2) is 0 Å². The van der Waals surface area contributed by atoms with E-state index >= 15 is 0 Å². The molecule has 0 saturated carbocycles. The lowest BCUT2D eigenvalue weighted by atomic mass is 9.87. The molecule has 1 saturated heterocycles. The van der Waals surface area contributed by atoms with Crippen molar-refractivity contribution >= 4 is 10.8 Å². The predicted octanol–water partition coefficient (Wildman–Crippen LogP) is 2.35. The fraction of sp³-hybridized carbons (Fsp3) is 0.647. The van der Waals surface area contributed by atoms with Crippen molar-refractivity contribution in [2.75, 3.05) is 25.1 Å². The van der Waals surface area contributed by atoms with E-state index in [9.17, 15) is 4.21 Å². The molecular formula is C17H28N2OS. The number of rotatable bonds is 5. The van der Waals surface area contributed by atoms with Crippen molar-refractivity contribution in [2.45, 2.75) is 44.8 Å². The third kappa shape index (κ3) is 4.15. The maximum atomic E-state index is 11.3. The lowest BCUT2D eigenvalue weighted by Crippen LogP contribution is -2.62. The van der Waals surface area contributed by atoms with Crippen LogP contribution in [0, 0.1) is 0 Å². The SMILES string of the molecule is CC(CCS(C)=O)N1CC(C)(c2ccccc2)NCC1C. The monoisotopic (exact) mass is 308 g/mol. The van der Waals surface area contributed by atoms with Gasteiger partial charge in [-0.05, 0) is 32.8 Å². The minimum absolute atomic E-state index is 0.00655. The average Bonchev–Trinajstić information content (AvgIpc) is 2.48. The van der Waals surface area contributed by atoms with Crippen LogP contribution in [-0.2, 0) is 16.3 Å². The van der Waals surface area contributed by atoms with Gasteiger partial charge in [0.1, 0.15) is 0 Å². The van der Waals surface area contributed by atoms with Gasteiger partial charge in [0.25, 0.3) is 0 Å². The van der Waals surface area contributed by atoms with Crippen LogP contribution in [0.1, 0.15) is 32.8 Å².